The molecule has 0 atom stereocenters. The van der Waals surface area contributed by atoms with E-state index in [0.717, 1.165) is 25.0 Å². The van der Waals surface area contributed by atoms with E-state index in [1.54, 1.807) is 12.1 Å². The highest BCUT2D eigenvalue weighted by atomic mass is 19.4. The monoisotopic (exact) mass is 369 g/mol. The van der Waals surface area contributed by atoms with Crippen LogP contribution in [0.1, 0.15) is 29.5 Å². The molecule has 2 aromatic rings. The number of ether oxygens (including phenoxy) is 1. The molecule has 1 saturated carbocycles. The van der Waals surface area contributed by atoms with E-state index < -0.39 is 17.6 Å². The molecule has 0 bridgehead atoms. The fourth-order valence-corrected chi connectivity index (χ4v) is 2.59. The lowest BCUT2D eigenvalue weighted by atomic mass is 10.1. The summed E-state index contributed by atoms with van der Waals surface area (Å²) in [7, 11) is 0. The fraction of sp³-hybridized carbons (Fsp3) is 0.368. The topological polar surface area (TPSA) is 41.5 Å². The molecule has 7 heteroatoms. The van der Waals surface area contributed by atoms with Gasteiger partial charge in [0.25, 0.3) is 0 Å². The number of halogens is 4. The predicted octanol–water partition coefficient (Wildman–Crippen LogP) is 4.04. The molecule has 3 nitrogen and oxygen atoms in total. The summed E-state index contributed by atoms with van der Waals surface area (Å²) in [5.41, 5.74) is -0.240. The molecule has 3 rings (SSSR count). The van der Waals surface area contributed by atoms with Crippen molar-refractivity contribution in [3.8, 4) is 5.75 Å². The van der Waals surface area contributed by atoms with Crippen LogP contribution >= 0.6 is 0 Å². The number of alkyl halides is 3. The van der Waals surface area contributed by atoms with Gasteiger partial charge in [-0.3, -0.25) is 0 Å². The molecule has 0 heterocycles. The SMILES string of the molecule is OCC1(NCc2ccc(OCc3cccc(C(F)(F)F)c3)cc2F)CC1. The zero-order chi connectivity index (χ0) is 18.8. The first-order valence-electron chi connectivity index (χ1n) is 8.25. The second-order valence-electron chi connectivity index (χ2n) is 6.53. The van der Waals surface area contributed by atoms with Gasteiger partial charge < -0.3 is 15.2 Å². The molecule has 0 amide bonds. The van der Waals surface area contributed by atoms with Gasteiger partial charge in [0.05, 0.1) is 12.2 Å². The molecule has 0 aromatic heterocycles. The van der Waals surface area contributed by atoms with E-state index in [1.165, 1.54) is 18.2 Å². The van der Waals surface area contributed by atoms with Gasteiger partial charge in [0.1, 0.15) is 18.2 Å². The van der Waals surface area contributed by atoms with E-state index >= 15 is 0 Å². The molecule has 1 fully saturated rings. The van der Waals surface area contributed by atoms with Gasteiger partial charge in [0.2, 0.25) is 0 Å². The number of aliphatic hydroxyl groups excluding tert-OH is 1. The van der Waals surface area contributed by atoms with Gasteiger partial charge in [-0.15, -0.1) is 0 Å². The Morgan fingerprint density at radius 1 is 1.12 bits per heavy atom. The lowest BCUT2D eigenvalue weighted by Crippen LogP contribution is -2.34. The maximum atomic E-state index is 14.2. The van der Waals surface area contributed by atoms with Crippen LogP contribution < -0.4 is 10.1 Å². The van der Waals surface area contributed by atoms with Crippen molar-refractivity contribution < 1.29 is 27.4 Å². The van der Waals surface area contributed by atoms with Crippen LogP contribution in [-0.2, 0) is 19.3 Å². The number of hydrogen-bond acceptors (Lipinski definition) is 3. The number of aliphatic hydroxyl groups is 1. The minimum atomic E-state index is -4.41. The maximum Gasteiger partial charge on any atom is 0.416 e. The van der Waals surface area contributed by atoms with Crippen LogP contribution in [0.25, 0.3) is 0 Å². The Morgan fingerprint density at radius 2 is 1.88 bits per heavy atom. The molecule has 0 aliphatic heterocycles. The lowest BCUT2D eigenvalue weighted by molar-refractivity contribution is -0.137. The first-order chi connectivity index (χ1) is 12.3. The van der Waals surface area contributed by atoms with Crippen molar-refractivity contribution in [3.63, 3.8) is 0 Å². The zero-order valence-electron chi connectivity index (χ0n) is 13.9. The Bertz CT molecular complexity index is 772. The van der Waals surface area contributed by atoms with Gasteiger partial charge in [-0.05, 0) is 36.6 Å². The third-order valence-electron chi connectivity index (χ3n) is 4.49. The summed E-state index contributed by atoms with van der Waals surface area (Å²) in [6, 6.07) is 9.19. The summed E-state index contributed by atoms with van der Waals surface area (Å²) in [4.78, 5) is 0. The first-order valence-corrected chi connectivity index (χ1v) is 8.25. The average Bonchev–Trinajstić information content (AvgIpc) is 3.39. The summed E-state index contributed by atoms with van der Waals surface area (Å²) < 4.78 is 57.7. The van der Waals surface area contributed by atoms with Crippen molar-refractivity contribution in [2.75, 3.05) is 6.61 Å². The van der Waals surface area contributed by atoms with E-state index in [-0.39, 0.29) is 24.5 Å². The largest absolute Gasteiger partial charge is 0.489 e. The Morgan fingerprint density at radius 3 is 2.50 bits per heavy atom. The Labute approximate surface area is 148 Å². The molecule has 2 N–H and O–H groups in total. The minimum absolute atomic E-state index is 0.0206. The van der Waals surface area contributed by atoms with Crippen LogP contribution in [0.3, 0.4) is 0 Å². The zero-order valence-corrected chi connectivity index (χ0v) is 13.9. The van der Waals surface area contributed by atoms with Crippen LogP contribution in [0, 0.1) is 5.82 Å². The van der Waals surface area contributed by atoms with Crippen molar-refractivity contribution in [3.05, 3.63) is 65.0 Å². The average molecular weight is 369 g/mol. The Hall–Kier alpha value is -2.12. The summed E-state index contributed by atoms with van der Waals surface area (Å²) in [5, 5.41) is 12.4. The standard InChI is InChI=1S/C19H19F4NO2/c20-17-9-16(5-4-14(17)10-24-18(12-25)6-7-18)26-11-13-2-1-3-15(8-13)19(21,22)23/h1-5,8-9,24-25H,6-7,10-12H2. The van der Waals surface area contributed by atoms with Gasteiger partial charge in [-0.2, -0.15) is 13.2 Å². The van der Waals surface area contributed by atoms with E-state index in [0.29, 0.717) is 17.7 Å². The molecular weight excluding hydrogens is 350 g/mol. The van der Waals surface area contributed by atoms with Crippen LogP contribution in [0.5, 0.6) is 5.75 Å². The summed E-state index contributed by atoms with van der Waals surface area (Å²) in [6.07, 6.45) is -2.68. The number of benzene rings is 2. The van der Waals surface area contributed by atoms with Crippen molar-refractivity contribution >= 4 is 0 Å². The molecule has 0 saturated heterocycles. The van der Waals surface area contributed by atoms with E-state index in [9.17, 15) is 22.7 Å². The minimum Gasteiger partial charge on any atom is -0.489 e. The number of rotatable bonds is 7. The second-order valence-corrected chi connectivity index (χ2v) is 6.53. The Balaban J connectivity index is 1.60. The van der Waals surface area contributed by atoms with E-state index in [2.05, 4.69) is 5.32 Å². The molecule has 1 aliphatic carbocycles. The highest BCUT2D eigenvalue weighted by Crippen LogP contribution is 2.35. The third kappa shape index (κ3) is 4.53. The molecule has 1 aliphatic rings. The quantitative estimate of drug-likeness (QED) is 0.724. The normalized spacial score (nSPS) is 15.7. The van der Waals surface area contributed by atoms with Crippen LogP contribution in [0.4, 0.5) is 17.6 Å². The van der Waals surface area contributed by atoms with Gasteiger partial charge in [0, 0.05) is 23.7 Å². The molecule has 0 radical (unpaired) electrons. The van der Waals surface area contributed by atoms with Crippen molar-refractivity contribution in [2.24, 2.45) is 0 Å². The van der Waals surface area contributed by atoms with Crippen LogP contribution in [0.2, 0.25) is 0 Å². The third-order valence-corrected chi connectivity index (χ3v) is 4.49. The number of hydrogen-bond donors (Lipinski definition) is 2. The number of nitrogens with one attached hydrogen (secondary N) is 1. The molecule has 26 heavy (non-hydrogen) atoms. The van der Waals surface area contributed by atoms with Crippen LogP contribution in [0.15, 0.2) is 42.5 Å². The molecular formula is C19H19F4NO2. The van der Waals surface area contributed by atoms with Crippen molar-refractivity contribution in [2.45, 2.75) is 37.7 Å². The van der Waals surface area contributed by atoms with Crippen LogP contribution in [-0.4, -0.2) is 17.3 Å². The molecule has 2 aromatic carbocycles. The first kappa shape index (κ1) is 18.7. The molecule has 0 unspecified atom stereocenters. The maximum absolute atomic E-state index is 14.2. The molecule has 140 valence electrons. The van der Waals surface area contributed by atoms with Gasteiger partial charge >= 0.3 is 6.18 Å². The Kier molecular flexibility index (Phi) is 5.20. The highest BCUT2D eigenvalue weighted by Gasteiger charge is 2.41. The smallest absolute Gasteiger partial charge is 0.416 e. The fourth-order valence-electron chi connectivity index (χ4n) is 2.59. The predicted molar refractivity (Wildman–Crippen MR) is 88.1 cm³/mol. The highest BCUT2D eigenvalue weighted by molar-refractivity contribution is 5.30. The molecule has 0 spiro atoms. The van der Waals surface area contributed by atoms with Gasteiger partial charge in [-0.1, -0.05) is 18.2 Å². The second kappa shape index (κ2) is 7.25. The summed E-state index contributed by atoms with van der Waals surface area (Å²) in [6.45, 7) is 0.224. The summed E-state index contributed by atoms with van der Waals surface area (Å²) >= 11 is 0. The van der Waals surface area contributed by atoms with Gasteiger partial charge in [0.15, 0.2) is 0 Å². The van der Waals surface area contributed by atoms with E-state index in [4.69, 9.17) is 4.74 Å². The van der Waals surface area contributed by atoms with Crippen molar-refractivity contribution in [1.29, 1.82) is 0 Å². The van der Waals surface area contributed by atoms with Gasteiger partial charge in [-0.25, -0.2) is 4.39 Å². The van der Waals surface area contributed by atoms with Crippen molar-refractivity contribution in [1.82, 2.24) is 5.32 Å². The summed E-state index contributed by atoms with van der Waals surface area (Å²) in [5.74, 6) is -0.222. The lowest BCUT2D eigenvalue weighted by Gasteiger charge is -2.15. The van der Waals surface area contributed by atoms with E-state index in [1.807, 2.05) is 0 Å².